The maximum atomic E-state index is 12.3. The summed E-state index contributed by atoms with van der Waals surface area (Å²) in [6.45, 7) is 3.18. The third-order valence-corrected chi connectivity index (χ3v) is 4.56. The average molecular weight is 222 g/mol. The molecule has 1 atom stereocenters. The molecule has 90 valence electrons. The van der Waals surface area contributed by atoms with Crippen LogP contribution in [0, 0.1) is 5.92 Å². The summed E-state index contributed by atoms with van der Waals surface area (Å²) in [6.07, 6.45) is 8.85. The van der Waals surface area contributed by atoms with Crippen LogP contribution in [0.15, 0.2) is 0 Å². The minimum absolute atomic E-state index is 0.112. The van der Waals surface area contributed by atoms with Gasteiger partial charge in [-0.05, 0) is 38.0 Å². The van der Waals surface area contributed by atoms with Crippen molar-refractivity contribution in [3.05, 3.63) is 0 Å². The zero-order valence-electron chi connectivity index (χ0n) is 10.2. The number of rotatable bonds is 3. The molecule has 0 radical (unpaired) electrons. The van der Waals surface area contributed by atoms with E-state index in [1.807, 2.05) is 0 Å². The fourth-order valence-corrected chi connectivity index (χ4v) is 3.36. The molecule has 1 saturated heterocycles. The highest BCUT2D eigenvalue weighted by Gasteiger charge is 2.58. The summed E-state index contributed by atoms with van der Waals surface area (Å²) in [6, 6.07) is 0. The summed E-state index contributed by atoms with van der Waals surface area (Å²) in [7, 11) is 0. The summed E-state index contributed by atoms with van der Waals surface area (Å²) in [5.41, 5.74) is -0.112. The Morgan fingerprint density at radius 1 is 1.38 bits per heavy atom. The second-order valence-electron chi connectivity index (χ2n) is 5.76. The molecule has 3 fully saturated rings. The van der Waals surface area contributed by atoms with E-state index in [9.17, 15) is 4.79 Å². The van der Waals surface area contributed by atoms with Gasteiger partial charge in [0.25, 0.3) is 0 Å². The lowest BCUT2D eigenvalue weighted by Crippen LogP contribution is -2.39. The summed E-state index contributed by atoms with van der Waals surface area (Å²) in [5.74, 6) is 1.17. The number of hydrogen-bond acceptors (Lipinski definition) is 2. The van der Waals surface area contributed by atoms with Crippen molar-refractivity contribution in [2.45, 2.75) is 63.6 Å². The van der Waals surface area contributed by atoms with E-state index in [1.54, 1.807) is 0 Å². The highest BCUT2D eigenvalue weighted by molar-refractivity contribution is 5.91. The first kappa shape index (κ1) is 10.6. The predicted molar refractivity (Wildman–Crippen MR) is 62.9 cm³/mol. The van der Waals surface area contributed by atoms with Crippen molar-refractivity contribution in [3.63, 3.8) is 0 Å². The number of carbonyl (C=O) groups excluding carboxylic acids is 1. The van der Waals surface area contributed by atoms with Crippen LogP contribution in [-0.4, -0.2) is 29.1 Å². The summed E-state index contributed by atoms with van der Waals surface area (Å²) < 4.78 is 0. The highest BCUT2D eigenvalue weighted by Crippen LogP contribution is 2.43. The van der Waals surface area contributed by atoms with Gasteiger partial charge in [-0.2, -0.15) is 0 Å². The van der Waals surface area contributed by atoms with Gasteiger partial charge in [0.1, 0.15) is 0 Å². The predicted octanol–water partition coefficient (Wildman–Crippen LogP) is 1.88. The molecule has 1 aliphatic heterocycles. The van der Waals surface area contributed by atoms with Gasteiger partial charge in [-0.1, -0.05) is 19.8 Å². The standard InChI is InChI=1S/C13H22N2O/c1-2-11-14-13(7-8-13)12(16)15(11)9-10-5-3-4-6-10/h10-11,14H,2-9H2,1H3. The average Bonchev–Trinajstić information content (AvgIpc) is 2.79. The van der Waals surface area contributed by atoms with Crippen LogP contribution in [0.4, 0.5) is 0 Å². The Kier molecular flexibility index (Phi) is 2.46. The van der Waals surface area contributed by atoms with Crippen molar-refractivity contribution in [1.82, 2.24) is 10.2 Å². The van der Waals surface area contributed by atoms with E-state index in [0.29, 0.717) is 12.1 Å². The molecule has 2 aliphatic carbocycles. The molecule has 2 saturated carbocycles. The SMILES string of the molecule is CCC1NC2(CC2)C(=O)N1CC1CCCC1. The fraction of sp³-hybridized carbons (Fsp3) is 0.923. The van der Waals surface area contributed by atoms with E-state index >= 15 is 0 Å². The van der Waals surface area contributed by atoms with Crippen molar-refractivity contribution in [2.24, 2.45) is 5.92 Å². The third kappa shape index (κ3) is 1.56. The van der Waals surface area contributed by atoms with Gasteiger partial charge in [-0.3, -0.25) is 10.1 Å². The maximum Gasteiger partial charge on any atom is 0.244 e. The summed E-state index contributed by atoms with van der Waals surface area (Å²) in [4.78, 5) is 14.5. The number of hydrogen-bond donors (Lipinski definition) is 1. The molecule has 3 aliphatic rings. The Bertz CT molecular complexity index is 292. The van der Waals surface area contributed by atoms with Crippen LogP contribution in [-0.2, 0) is 4.79 Å². The quantitative estimate of drug-likeness (QED) is 0.790. The van der Waals surface area contributed by atoms with Gasteiger partial charge in [0, 0.05) is 6.54 Å². The van der Waals surface area contributed by atoms with E-state index in [1.165, 1.54) is 25.7 Å². The number of carbonyl (C=O) groups is 1. The van der Waals surface area contributed by atoms with Crippen LogP contribution in [0.5, 0.6) is 0 Å². The first-order valence-electron chi connectivity index (χ1n) is 6.84. The molecule has 0 aromatic carbocycles. The lowest BCUT2D eigenvalue weighted by molar-refractivity contribution is -0.131. The van der Waals surface area contributed by atoms with E-state index in [4.69, 9.17) is 0 Å². The largest absolute Gasteiger partial charge is 0.325 e. The Labute approximate surface area is 97.6 Å². The molecular formula is C13H22N2O. The molecule has 3 nitrogen and oxygen atoms in total. The molecule has 1 N–H and O–H groups in total. The smallest absolute Gasteiger partial charge is 0.244 e. The molecule has 1 unspecified atom stereocenters. The zero-order chi connectivity index (χ0) is 11.2. The lowest BCUT2D eigenvalue weighted by Gasteiger charge is -2.26. The van der Waals surface area contributed by atoms with Gasteiger partial charge in [-0.25, -0.2) is 0 Å². The second-order valence-corrected chi connectivity index (χ2v) is 5.76. The van der Waals surface area contributed by atoms with Gasteiger partial charge in [0.2, 0.25) is 5.91 Å². The van der Waals surface area contributed by atoms with Crippen LogP contribution in [0.1, 0.15) is 51.9 Å². The molecule has 3 rings (SSSR count). The van der Waals surface area contributed by atoms with Crippen molar-refractivity contribution in [2.75, 3.05) is 6.54 Å². The molecule has 0 aromatic rings. The summed E-state index contributed by atoms with van der Waals surface area (Å²) in [5, 5.41) is 3.54. The normalized spacial score (nSPS) is 32.9. The molecular weight excluding hydrogens is 200 g/mol. The monoisotopic (exact) mass is 222 g/mol. The van der Waals surface area contributed by atoms with Crippen molar-refractivity contribution in [1.29, 1.82) is 0 Å². The van der Waals surface area contributed by atoms with E-state index < -0.39 is 0 Å². The zero-order valence-corrected chi connectivity index (χ0v) is 10.2. The molecule has 0 bridgehead atoms. The Morgan fingerprint density at radius 3 is 2.62 bits per heavy atom. The van der Waals surface area contributed by atoms with Crippen LogP contribution < -0.4 is 5.32 Å². The number of nitrogens with one attached hydrogen (secondary N) is 1. The van der Waals surface area contributed by atoms with Crippen LogP contribution in [0.3, 0.4) is 0 Å². The molecule has 1 spiro atoms. The Morgan fingerprint density at radius 2 is 2.06 bits per heavy atom. The molecule has 3 heteroatoms. The Balaban J connectivity index is 1.69. The minimum Gasteiger partial charge on any atom is -0.325 e. The first-order chi connectivity index (χ1) is 7.75. The highest BCUT2D eigenvalue weighted by atomic mass is 16.2. The third-order valence-electron chi connectivity index (χ3n) is 4.56. The van der Waals surface area contributed by atoms with Gasteiger partial charge in [0.15, 0.2) is 0 Å². The van der Waals surface area contributed by atoms with Crippen LogP contribution >= 0.6 is 0 Å². The van der Waals surface area contributed by atoms with Gasteiger partial charge < -0.3 is 4.90 Å². The maximum absolute atomic E-state index is 12.3. The summed E-state index contributed by atoms with van der Waals surface area (Å²) >= 11 is 0. The molecule has 1 heterocycles. The van der Waals surface area contributed by atoms with Gasteiger partial charge in [0.05, 0.1) is 11.7 Å². The number of amides is 1. The van der Waals surface area contributed by atoms with E-state index in [2.05, 4.69) is 17.1 Å². The molecule has 0 aromatic heterocycles. The van der Waals surface area contributed by atoms with Crippen LogP contribution in [0.25, 0.3) is 0 Å². The van der Waals surface area contributed by atoms with E-state index in [0.717, 1.165) is 31.7 Å². The fourth-order valence-electron chi connectivity index (χ4n) is 3.36. The van der Waals surface area contributed by atoms with Gasteiger partial charge >= 0.3 is 0 Å². The lowest BCUT2D eigenvalue weighted by atomic mass is 10.1. The van der Waals surface area contributed by atoms with E-state index in [-0.39, 0.29) is 5.54 Å². The van der Waals surface area contributed by atoms with Crippen molar-refractivity contribution < 1.29 is 4.79 Å². The molecule has 16 heavy (non-hydrogen) atoms. The molecule has 1 amide bonds. The van der Waals surface area contributed by atoms with Crippen molar-refractivity contribution >= 4 is 5.91 Å². The Hall–Kier alpha value is -0.570. The number of nitrogens with zero attached hydrogens (tertiary/aromatic N) is 1. The first-order valence-corrected chi connectivity index (χ1v) is 6.84. The topological polar surface area (TPSA) is 32.3 Å². The minimum atomic E-state index is -0.112. The van der Waals surface area contributed by atoms with Crippen molar-refractivity contribution in [3.8, 4) is 0 Å². The second kappa shape index (κ2) is 3.73. The van der Waals surface area contributed by atoms with Crippen LogP contribution in [0.2, 0.25) is 0 Å². The van der Waals surface area contributed by atoms with Gasteiger partial charge in [-0.15, -0.1) is 0 Å².